The number of imidazole rings is 1. The van der Waals surface area contributed by atoms with Crippen molar-refractivity contribution in [2.75, 3.05) is 0 Å². The first kappa shape index (κ1) is 21.8. The second-order valence-corrected chi connectivity index (χ2v) is 7.96. The Morgan fingerprint density at radius 3 is 2.12 bits per heavy atom. The van der Waals surface area contributed by atoms with Gasteiger partial charge in [-0.15, -0.1) is 0 Å². The standard InChI is InChI=1S/C26H20F3N5/c27-26(28,29)15-24-33-22-9-5-13-32-25(22)34(24)23-10-2-1-6-18(23)14-21(19-7-3-11-30-16-19)20-8-4-12-31-17-20/h1-13,16-17,21H,14-15H2. The van der Waals surface area contributed by atoms with Crippen LogP contribution in [0.5, 0.6) is 0 Å². The number of hydrogen-bond acceptors (Lipinski definition) is 4. The maximum atomic E-state index is 13.4. The smallest absolute Gasteiger partial charge is 0.280 e. The Labute approximate surface area is 194 Å². The molecule has 0 spiro atoms. The summed E-state index contributed by atoms with van der Waals surface area (Å²) in [7, 11) is 0. The van der Waals surface area contributed by atoms with Gasteiger partial charge in [-0.05, 0) is 53.4 Å². The van der Waals surface area contributed by atoms with Crippen LogP contribution in [0.1, 0.15) is 28.4 Å². The molecule has 0 N–H and O–H groups in total. The average molecular weight is 459 g/mol. The van der Waals surface area contributed by atoms with Crippen molar-refractivity contribution >= 4 is 11.2 Å². The highest BCUT2D eigenvalue weighted by molar-refractivity contribution is 5.74. The zero-order valence-electron chi connectivity index (χ0n) is 18.0. The predicted octanol–water partition coefficient (Wildman–Crippen LogP) is 5.69. The molecule has 8 heteroatoms. The molecule has 5 nitrogen and oxygen atoms in total. The van der Waals surface area contributed by atoms with Gasteiger partial charge < -0.3 is 0 Å². The summed E-state index contributed by atoms with van der Waals surface area (Å²) < 4.78 is 41.8. The Bertz CT molecular complexity index is 1360. The summed E-state index contributed by atoms with van der Waals surface area (Å²) in [6, 6.07) is 18.5. The number of fused-ring (bicyclic) bond motifs is 1. The molecular weight excluding hydrogens is 439 g/mol. The number of aromatic nitrogens is 5. The molecular formula is C26H20F3N5. The van der Waals surface area contributed by atoms with Gasteiger partial charge in [-0.2, -0.15) is 13.2 Å². The molecule has 0 saturated heterocycles. The maximum absolute atomic E-state index is 13.4. The van der Waals surface area contributed by atoms with Gasteiger partial charge in [-0.25, -0.2) is 9.97 Å². The molecule has 4 aromatic heterocycles. The second-order valence-electron chi connectivity index (χ2n) is 7.96. The average Bonchev–Trinajstić information content (AvgIpc) is 3.20. The van der Waals surface area contributed by atoms with Crippen LogP contribution < -0.4 is 0 Å². The van der Waals surface area contributed by atoms with E-state index in [-0.39, 0.29) is 11.7 Å². The van der Waals surface area contributed by atoms with Crippen molar-refractivity contribution in [1.29, 1.82) is 0 Å². The summed E-state index contributed by atoms with van der Waals surface area (Å²) in [5, 5.41) is 0. The molecule has 0 atom stereocenters. The Kier molecular flexibility index (Phi) is 5.79. The third kappa shape index (κ3) is 4.52. The third-order valence-corrected chi connectivity index (χ3v) is 5.67. The molecule has 0 amide bonds. The number of nitrogens with zero attached hydrogens (tertiary/aromatic N) is 5. The Morgan fingerprint density at radius 1 is 0.794 bits per heavy atom. The van der Waals surface area contributed by atoms with Crippen molar-refractivity contribution in [3.05, 3.63) is 114 Å². The molecule has 1 aromatic carbocycles. The van der Waals surface area contributed by atoms with Crippen LogP contribution in [0.3, 0.4) is 0 Å². The van der Waals surface area contributed by atoms with Gasteiger partial charge >= 0.3 is 6.18 Å². The monoisotopic (exact) mass is 459 g/mol. The van der Waals surface area contributed by atoms with Crippen molar-refractivity contribution in [1.82, 2.24) is 24.5 Å². The van der Waals surface area contributed by atoms with Gasteiger partial charge in [0.05, 0.1) is 5.69 Å². The van der Waals surface area contributed by atoms with E-state index in [1.807, 2.05) is 60.9 Å². The molecule has 0 aliphatic carbocycles. The summed E-state index contributed by atoms with van der Waals surface area (Å²) in [5.74, 6) is -0.176. The van der Waals surface area contributed by atoms with Gasteiger partial charge in [0.25, 0.3) is 0 Å². The number of benzene rings is 1. The maximum Gasteiger partial charge on any atom is 0.396 e. The highest BCUT2D eigenvalue weighted by Crippen LogP contribution is 2.32. The van der Waals surface area contributed by atoms with E-state index in [0.29, 0.717) is 23.3 Å². The lowest BCUT2D eigenvalue weighted by molar-refractivity contribution is -0.128. The molecule has 0 fully saturated rings. The van der Waals surface area contributed by atoms with E-state index in [9.17, 15) is 13.2 Å². The van der Waals surface area contributed by atoms with Crippen LogP contribution in [0.15, 0.2) is 91.6 Å². The van der Waals surface area contributed by atoms with E-state index in [1.165, 1.54) is 4.57 Å². The minimum atomic E-state index is -4.40. The van der Waals surface area contributed by atoms with Gasteiger partial charge in [0.15, 0.2) is 5.65 Å². The molecule has 5 rings (SSSR count). The molecule has 4 heterocycles. The fourth-order valence-corrected chi connectivity index (χ4v) is 4.22. The first-order chi connectivity index (χ1) is 16.5. The Morgan fingerprint density at radius 2 is 1.47 bits per heavy atom. The first-order valence-electron chi connectivity index (χ1n) is 10.8. The topological polar surface area (TPSA) is 56.5 Å². The van der Waals surface area contributed by atoms with E-state index in [0.717, 1.165) is 16.7 Å². The molecule has 0 aliphatic rings. The van der Waals surface area contributed by atoms with Gasteiger partial charge in [-0.3, -0.25) is 14.5 Å². The van der Waals surface area contributed by atoms with Crippen LogP contribution in [0.4, 0.5) is 13.2 Å². The molecule has 5 aromatic rings. The van der Waals surface area contributed by atoms with Gasteiger partial charge in [0, 0.05) is 36.9 Å². The SMILES string of the molecule is FC(F)(F)Cc1nc2cccnc2n1-c1ccccc1CC(c1cccnc1)c1cccnc1. The number of rotatable bonds is 6. The minimum Gasteiger partial charge on any atom is -0.280 e. The molecule has 34 heavy (non-hydrogen) atoms. The van der Waals surface area contributed by atoms with Crippen molar-refractivity contribution in [3.63, 3.8) is 0 Å². The first-order valence-corrected chi connectivity index (χ1v) is 10.8. The lowest BCUT2D eigenvalue weighted by Gasteiger charge is -2.20. The van der Waals surface area contributed by atoms with Crippen LogP contribution in [-0.2, 0) is 12.8 Å². The molecule has 170 valence electrons. The van der Waals surface area contributed by atoms with E-state index < -0.39 is 12.6 Å². The fourth-order valence-electron chi connectivity index (χ4n) is 4.22. The van der Waals surface area contributed by atoms with Gasteiger partial charge in [0.2, 0.25) is 0 Å². The second kappa shape index (κ2) is 9.05. The van der Waals surface area contributed by atoms with Crippen molar-refractivity contribution in [2.45, 2.75) is 24.9 Å². The summed E-state index contributed by atoms with van der Waals surface area (Å²) in [6.07, 6.45) is 3.59. The highest BCUT2D eigenvalue weighted by atomic mass is 19.4. The van der Waals surface area contributed by atoms with Crippen molar-refractivity contribution in [3.8, 4) is 5.69 Å². The fraction of sp³-hybridized carbons (Fsp3) is 0.154. The number of hydrogen-bond donors (Lipinski definition) is 0. The normalized spacial score (nSPS) is 11.9. The van der Waals surface area contributed by atoms with E-state index in [2.05, 4.69) is 19.9 Å². The zero-order chi connectivity index (χ0) is 23.5. The summed E-state index contributed by atoms with van der Waals surface area (Å²) >= 11 is 0. The predicted molar refractivity (Wildman–Crippen MR) is 123 cm³/mol. The van der Waals surface area contributed by atoms with Crippen LogP contribution in [-0.4, -0.2) is 30.7 Å². The van der Waals surface area contributed by atoms with Gasteiger partial charge in [-0.1, -0.05) is 30.3 Å². The largest absolute Gasteiger partial charge is 0.396 e. The van der Waals surface area contributed by atoms with E-state index >= 15 is 0 Å². The number of pyridine rings is 3. The molecule has 0 unspecified atom stereocenters. The molecule has 0 saturated carbocycles. The zero-order valence-corrected chi connectivity index (χ0v) is 18.0. The summed E-state index contributed by atoms with van der Waals surface area (Å²) in [4.78, 5) is 17.2. The van der Waals surface area contributed by atoms with Crippen LogP contribution in [0.25, 0.3) is 16.9 Å². The Balaban J connectivity index is 1.65. The molecule has 0 bridgehead atoms. The van der Waals surface area contributed by atoms with Crippen LogP contribution in [0, 0.1) is 0 Å². The lowest BCUT2D eigenvalue weighted by Crippen LogP contribution is -2.17. The van der Waals surface area contributed by atoms with Crippen LogP contribution >= 0.6 is 0 Å². The summed E-state index contributed by atoms with van der Waals surface area (Å²) in [6.45, 7) is 0. The number of alkyl halides is 3. The highest BCUT2D eigenvalue weighted by Gasteiger charge is 2.32. The minimum absolute atomic E-state index is 0.0858. The summed E-state index contributed by atoms with van der Waals surface area (Å²) in [5.41, 5.74) is 4.30. The van der Waals surface area contributed by atoms with Crippen molar-refractivity contribution in [2.24, 2.45) is 0 Å². The van der Waals surface area contributed by atoms with Crippen LogP contribution in [0.2, 0.25) is 0 Å². The van der Waals surface area contributed by atoms with E-state index in [1.54, 1.807) is 30.7 Å². The van der Waals surface area contributed by atoms with Crippen molar-refractivity contribution < 1.29 is 13.2 Å². The Hall–Kier alpha value is -4.07. The third-order valence-electron chi connectivity index (χ3n) is 5.67. The number of halogens is 3. The van der Waals surface area contributed by atoms with E-state index in [4.69, 9.17) is 0 Å². The lowest BCUT2D eigenvalue weighted by atomic mass is 9.87. The molecule has 0 radical (unpaired) electrons. The number of para-hydroxylation sites is 1. The van der Waals surface area contributed by atoms with Gasteiger partial charge in [0.1, 0.15) is 17.8 Å². The quantitative estimate of drug-likeness (QED) is 0.327. The molecule has 0 aliphatic heterocycles.